The maximum atomic E-state index is 11.3. The zero-order valence-electron chi connectivity index (χ0n) is 12.8. The molecule has 1 aromatic rings. The van der Waals surface area contributed by atoms with Crippen molar-refractivity contribution in [2.45, 2.75) is 17.9 Å². The van der Waals surface area contributed by atoms with Crippen molar-refractivity contribution in [3.63, 3.8) is 0 Å². The van der Waals surface area contributed by atoms with E-state index in [1.54, 1.807) is 12.1 Å². The van der Waals surface area contributed by atoms with Gasteiger partial charge in [0.2, 0.25) is 0 Å². The summed E-state index contributed by atoms with van der Waals surface area (Å²) < 4.78 is 5.65. The lowest BCUT2D eigenvalue weighted by Crippen LogP contribution is -2.43. The molecule has 1 aliphatic heterocycles. The lowest BCUT2D eigenvalue weighted by molar-refractivity contribution is -0.384. The molecule has 122 valence electrons. The highest BCUT2D eigenvalue weighted by atomic mass is 32.2. The van der Waals surface area contributed by atoms with Gasteiger partial charge in [0.15, 0.2) is 0 Å². The summed E-state index contributed by atoms with van der Waals surface area (Å²) in [5.74, 6) is 0. The van der Waals surface area contributed by atoms with Crippen LogP contribution in [0.1, 0.15) is 6.92 Å². The van der Waals surface area contributed by atoms with E-state index in [0.717, 1.165) is 18.0 Å². The second-order valence-electron chi connectivity index (χ2n) is 5.18. The zero-order chi connectivity index (χ0) is 16.1. The van der Waals surface area contributed by atoms with Crippen molar-refractivity contribution in [3.05, 3.63) is 28.3 Å². The monoisotopic (exact) mass is 326 g/mol. The minimum absolute atomic E-state index is 0.0335. The van der Waals surface area contributed by atoms with E-state index in [9.17, 15) is 10.1 Å². The molecule has 1 aromatic carbocycles. The first-order valence-electron chi connectivity index (χ1n) is 7.10. The van der Waals surface area contributed by atoms with Crippen LogP contribution >= 0.6 is 10.7 Å². The number of likely N-dealkylation sites (N-methyl/N-ethyl adjacent to an activating group) is 1. The minimum atomic E-state index is -0.577. The average Bonchev–Trinajstić information content (AvgIpc) is 2.52. The third-order valence-corrected chi connectivity index (χ3v) is 4.86. The fourth-order valence-electron chi connectivity index (χ4n) is 2.31. The molecule has 8 heteroatoms. The first kappa shape index (κ1) is 16.9. The molecular formula is C14H22N4O3S. The molecule has 2 rings (SSSR count). The number of morpholine rings is 1. The Morgan fingerprint density at radius 3 is 3.05 bits per heavy atom. The van der Waals surface area contributed by atoms with Gasteiger partial charge in [-0.05, 0) is 31.5 Å². The topological polar surface area (TPSA) is 93.7 Å². The van der Waals surface area contributed by atoms with E-state index in [2.05, 4.69) is 10.2 Å². The number of hydrogen-bond donors (Lipinski definition) is 2. The van der Waals surface area contributed by atoms with E-state index in [1.165, 1.54) is 0 Å². The largest absolute Gasteiger partial charge is 0.377 e. The van der Waals surface area contributed by atoms with E-state index in [4.69, 9.17) is 9.88 Å². The number of anilines is 1. The van der Waals surface area contributed by atoms with Crippen LogP contribution in [0.15, 0.2) is 23.1 Å². The molecule has 0 saturated carbocycles. The molecule has 0 amide bonds. The molecular weight excluding hydrogens is 304 g/mol. The van der Waals surface area contributed by atoms with Gasteiger partial charge in [-0.3, -0.25) is 15.3 Å². The van der Waals surface area contributed by atoms with E-state index < -0.39 is 10.7 Å². The first-order chi connectivity index (χ1) is 10.5. The number of benzene rings is 1. The SMILES string of the molecule is C/C=S(\N)c1ccc(NC[C@@H]2CN(C)CCO2)c([N+](=O)[O-])c1. The Morgan fingerprint density at radius 1 is 1.64 bits per heavy atom. The second-order valence-corrected chi connectivity index (χ2v) is 6.87. The van der Waals surface area contributed by atoms with Crippen molar-refractivity contribution in [2.24, 2.45) is 5.14 Å². The number of nitro groups is 1. The summed E-state index contributed by atoms with van der Waals surface area (Å²) in [6.45, 7) is 4.80. The van der Waals surface area contributed by atoms with Crippen LogP contribution in [0.4, 0.5) is 11.4 Å². The van der Waals surface area contributed by atoms with Crippen molar-refractivity contribution in [3.8, 4) is 0 Å². The van der Waals surface area contributed by atoms with Gasteiger partial charge in [-0.1, -0.05) is 10.7 Å². The van der Waals surface area contributed by atoms with E-state index in [1.807, 2.05) is 25.4 Å². The zero-order valence-corrected chi connectivity index (χ0v) is 13.6. The summed E-state index contributed by atoms with van der Waals surface area (Å²) in [6, 6.07) is 5.09. The van der Waals surface area contributed by atoms with Crippen LogP contribution in [0.5, 0.6) is 0 Å². The summed E-state index contributed by atoms with van der Waals surface area (Å²) in [7, 11) is 1.46. The van der Waals surface area contributed by atoms with Gasteiger partial charge in [0, 0.05) is 30.6 Å². The second kappa shape index (κ2) is 7.68. The van der Waals surface area contributed by atoms with Crippen molar-refractivity contribution < 1.29 is 9.66 Å². The quantitative estimate of drug-likeness (QED) is 0.485. The van der Waals surface area contributed by atoms with Gasteiger partial charge in [0.05, 0.1) is 17.6 Å². The lowest BCUT2D eigenvalue weighted by Gasteiger charge is -2.30. The normalized spacial score (nSPS) is 20.8. The van der Waals surface area contributed by atoms with Gasteiger partial charge in [-0.25, -0.2) is 0 Å². The van der Waals surface area contributed by atoms with E-state index in [-0.39, 0.29) is 16.7 Å². The Balaban J connectivity index is 2.11. The predicted octanol–water partition coefficient (Wildman–Crippen LogP) is 1.66. The van der Waals surface area contributed by atoms with Crippen molar-refractivity contribution in [1.82, 2.24) is 4.90 Å². The fourth-order valence-corrected chi connectivity index (χ4v) is 3.05. The van der Waals surface area contributed by atoms with Gasteiger partial charge in [0.1, 0.15) is 5.69 Å². The molecule has 0 radical (unpaired) electrons. The number of nitrogens with two attached hydrogens (primary N) is 1. The number of ether oxygens (including phenoxy) is 1. The maximum absolute atomic E-state index is 11.3. The smallest absolute Gasteiger partial charge is 0.293 e. The van der Waals surface area contributed by atoms with Gasteiger partial charge >= 0.3 is 0 Å². The van der Waals surface area contributed by atoms with Crippen LogP contribution in [-0.2, 0) is 4.74 Å². The molecule has 1 fully saturated rings. The summed E-state index contributed by atoms with van der Waals surface area (Å²) in [5.41, 5.74) is 0.546. The van der Waals surface area contributed by atoms with Gasteiger partial charge in [-0.15, -0.1) is 0 Å². The first-order valence-corrected chi connectivity index (χ1v) is 8.45. The number of hydrogen-bond acceptors (Lipinski definition) is 6. The molecule has 7 nitrogen and oxygen atoms in total. The van der Waals surface area contributed by atoms with Crippen molar-refractivity contribution >= 4 is 27.4 Å². The highest BCUT2D eigenvalue weighted by Crippen LogP contribution is 2.30. The van der Waals surface area contributed by atoms with Gasteiger partial charge in [-0.2, -0.15) is 0 Å². The number of nitrogens with one attached hydrogen (secondary N) is 1. The summed E-state index contributed by atoms with van der Waals surface area (Å²) in [6.07, 6.45) is 0.0335. The van der Waals surface area contributed by atoms with Gasteiger partial charge < -0.3 is 15.0 Å². The third-order valence-electron chi connectivity index (χ3n) is 3.55. The molecule has 22 heavy (non-hydrogen) atoms. The Labute approximate surface area is 132 Å². The number of nitrogens with zero attached hydrogens (tertiary/aromatic N) is 2. The van der Waals surface area contributed by atoms with Crippen LogP contribution < -0.4 is 10.5 Å². The van der Waals surface area contributed by atoms with Crippen LogP contribution in [0.2, 0.25) is 0 Å². The molecule has 1 heterocycles. The van der Waals surface area contributed by atoms with Crippen LogP contribution in [0.25, 0.3) is 0 Å². The summed E-state index contributed by atoms with van der Waals surface area (Å²) in [5, 5.41) is 22.1. The van der Waals surface area contributed by atoms with Crippen LogP contribution in [-0.4, -0.2) is 54.6 Å². The fraction of sp³-hybridized carbons (Fsp3) is 0.500. The summed E-state index contributed by atoms with van der Waals surface area (Å²) >= 11 is 0. The Kier molecular flexibility index (Phi) is 5.90. The molecule has 0 bridgehead atoms. The molecule has 3 N–H and O–H groups in total. The molecule has 1 aliphatic rings. The minimum Gasteiger partial charge on any atom is -0.377 e. The average molecular weight is 326 g/mol. The molecule has 2 atom stereocenters. The number of nitro benzene ring substituents is 1. The van der Waals surface area contributed by atoms with E-state index >= 15 is 0 Å². The standard InChI is InChI=1S/C14H22N4O3S/c1-3-22(15)12-4-5-13(14(8-12)18(19)20)16-9-11-10-17(2)6-7-21-11/h3-5,8,11,16H,6-7,9-10,15H2,1-2H3/t11-,22?/m1/s1. The molecule has 0 aromatic heterocycles. The highest BCUT2D eigenvalue weighted by molar-refractivity contribution is 8.13. The maximum Gasteiger partial charge on any atom is 0.293 e. The molecule has 0 aliphatic carbocycles. The Morgan fingerprint density at radius 2 is 2.41 bits per heavy atom. The van der Waals surface area contributed by atoms with Gasteiger partial charge in [0.25, 0.3) is 5.69 Å². The predicted molar refractivity (Wildman–Crippen MR) is 90.6 cm³/mol. The third kappa shape index (κ3) is 4.26. The Bertz CT molecular complexity index is 579. The molecule has 1 unspecified atom stereocenters. The Hall–Kier alpha value is -1.48. The molecule has 1 saturated heterocycles. The van der Waals surface area contributed by atoms with Crippen molar-refractivity contribution in [1.29, 1.82) is 0 Å². The van der Waals surface area contributed by atoms with Crippen LogP contribution in [0, 0.1) is 10.1 Å². The summed E-state index contributed by atoms with van der Waals surface area (Å²) in [4.78, 5) is 13.8. The molecule has 0 spiro atoms. The number of rotatable bonds is 5. The van der Waals surface area contributed by atoms with Crippen LogP contribution in [0.3, 0.4) is 0 Å². The lowest BCUT2D eigenvalue weighted by atomic mass is 10.2. The van der Waals surface area contributed by atoms with Crippen molar-refractivity contribution in [2.75, 3.05) is 38.6 Å². The van der Waals surface area contributed by atoms with E-state index in [0.29, 0.717) is 18.8 Å². The highest BCUT2D eigenvalue weighted by Gasteiger charge is 2.20.